The molecule has 3 nitrogen and oxygen atoms in total. The van der Waals surface area contributed by atoms with Crippen LogP contribution in [0.1, 0.15) is 31.4 Å². The van der Waals surface area contributed by atoms with E-state index < -0.39 is 6.04 Å². The Morgan fingerprint density at radius 2 is 2.22 bits per heavy atom. The Morgan fingerprint density at radius 1 is 1.50 bits per heavy atom. The lowest BCUT2D eigenvalue weighted by molar-refractivity contribution is -0.127. The summed E-state index contributed by atoms with van der Waals surface area (Å²) in [4.78, 5) is 13.5. The van der Waals surface area contributed by atoms with Crippen LogP contribution >= 0.6 is 0 Å². The van der Waals surface area contributed by atoms with Gasteiger partial charge in [0.05, 0.1) is 6.04 Å². The fourth-order valence-corrected chi connectivity index (χ4v) is 2.42. The summed E-state index contributed by atoms with van der Waals surface area (Å²) < 4.78 is 13.6. The summed E-state index contributed by atoms with van der Waals surface area (Å²) in [5.74, 6) is 0.252. The van der Waals surface area contributed by atoms with Crippen molar-refractivity contribution in [3.8, 4) is 0 Å². The van der Waals surface area contributed by atoms with Crippen LogP contribution in [0.3, 0.4) is 0 Å². The Hall–Kier alpha value is -1.42. The standard InChI is InChI=1S/C14H19FN2O/c1-2-10-7-14(18)17(8-10)9-13(16)11-5-3-4-6-12(11)15/h3-6,10,13H,2,7-9,16H2,1H3. The van der Waals surface area contributed by atoms with Gasteiger partial charge in [-0.25, -0.2) is 4.39 Å². The minimum Gasteiger partial charge on any atom is -0.340 e. The lowest BCUT2D eigenvalue weighted by Crippen LogP contribution is -2.33. The van der Waals surface area contributed by atoms with Crippen LogP contribution in [0.15, 0.2) is 24.3 Å². The molecule has 2 unspecified atom stereocenters. The van der Waals surface area contributed by atoms with Gasteiger partial charge in [0.2, 0.25) is 5.91 Å². The second-order valence-corrected chi connectivity index (χ2v) is 4.91. The summed E-state index contributed by atoms with van der Waals surface area (Å²) in [6.45, 7) is 3.23. The third kappa shape index (κ3) is 2.70. The Kier molecular flexibility index (Phi) is 3.97. The quantitative estimate of drug-likeness (QED) is 0.889. The predicted molar refractivity (Wildman–Crippen MR) is 68.3 cm³/mol. The SMILES string of the molecule is CCC1CC(=O)N(CC(N)c2ccccc2F)C1. The van der Waals surface area contributed by atoms with Gasteiger partial charge in [-0.3, -0.25) is 4.79 Å². The van der Waals surface area contributed by atoms with E-state index in [1.165, 1.54) is 6.07 Å². The van der Waals surface area contributed by atoms with E-state index in [9.17, 15) is 9.18 Å². The number of amides is 1. The fraction of sp³-hybridized carbons (Fsp3) is 0.500. The number of nitrogens with zero attached hydrogens (tertiary/aromatic N) is 1. The van der Waals surface area contributed by atoms with Crippen molar-refractivity contribution >= 4 is 5.91 Å². The van der Waals surface area contributed by atoms with Crippen molar-refractivity contribution in [3.05, 3.63) is 35.6 Å². The number of rotatable bonds is 4. The summed E-state index contributed by atoms with van der Waals surface area (Å²) in [6.07, 6.45) is 1.59. The lowest BCUT2D eigenvalue weighted by Gasteiger charge is -2.21. The number of carbonyl (C=O) groups excluding carboxylic acids is 1. The summed E-state index contributed by atoms with van der Waals surface area (Å²) in [6, 6.07) is 6.03. The van der Waals surface area contributed by atoms with Gasteiger partial charge >= 0.3 is 0 Å². The Labute approximate surface area is 107 Å². The topological polar surface area (TPSA) is 46.3 Å². The Bertz CT molecular complexity index is 436. The van der Waals surface area contributed by atoms with Crippen LogP contribution in [0.25, 0.3) is 0 Å². The van der Waals surface area contributed by atoms with Crippen LogP contribution < -0.4 is 5.73 Å². The molecule has 1 amide bonds. The molecule has 0 radical (unpaired) electrons. The number of benzene rings is 1. The molecule has 1 fully saturated rings. The molecule has 2 atom stereocenters. The third-order valence-corrected chi connectivity index (χ3v) is 3.59. The van der Waals surface area contributed by atoms with E-state index in [2.05, 4.69) is 6.92 Å². The summed E-state index contributed by atoms with van der Waals surface area (Å²) in [5.41, 5.74) is 6.47. The van der Waals surface area contributed by atoms with Crippen molar-refractivity contribution in [2.45, 2.75) is 25.8 Å². The first-order valence-corrected chi connectivity index (χ1v) is 6.39. The van der Waals surface area contributed by atoms with Crippen molar-refractivity contribution in [2.24, 2.45) is 11.7 Å². The van der Waals surface area contributed by atoms with Crippen LogP contribution in [-0.2, 0) is 4.79 Å². The maximum atomic E-state index is 13.6. The number of hydrogen-bond acceptors (Lipinski definition) is 2. The molecule has 2 rings (SSSR count). The van der Waals surface area contributed by atoms with Crippen LogP contribution in [0.5, 0.6) is 0 Å². The number of nitrogens with two attached hydrogens (primary N) is 1. The van der Waals surface area contributed by atoms with E-state index in [4.69, 9.17) is 5.73 Å². The summed E-state index contributed by atoms with van der Waals surface area (Å²) >= 11 is 0. The molecule has 4 heteroatoms. The molecule has 0 aromatic heterocycles. The van der Waals surface area contributed by atoms with Gasteiger partial charge < -0.3 is 10.6 Å². The van der Waals surface area contributed by atoms with Gasteiger partial charge in [-0.05, 0) is 12.0 Å². The van der Waals surface area contributed by atoms with Gasteiger partial charge in [0.1, 0.15) is 5.82 Å². The molecule has 0 spiro atoms. The molecular weight excluding hydrogens is 231 g/mol. The maximum absolute atomic E-state index is 13.6. The van der Waals surface area contributed by atoms with Crippen LogP contribution in [0.4, 0.5) is 4.39 Å². The number of likely N-dealkylation sites (tertiary alicyclic amines) is 1. The van der Waals surface area contributed by atoms with Crippen molar-refractivity contribution in [2.75, 3.05) is 13.1 Å². The van der Waals surface area contributed by atoms with E-state index in [0.29, 0.717) is 24.4 Å². The van der Waals surface area contributed by atoms with Gasteiger partial charge in [0.15, 0.2) is 0 Å². The smallest absolute Gasteiger partial charge is 0.222 e. The van der Waals surface area contributed by atoms with Gasteiger partial charge in [-0.2, -0.15) is 0 Å². The second kappa shape index (κ2) is 5.48. The zero-order valence-corrected chi connectivity index (χ0v) is 10.6. The molecular formula is C14H19FN2O. The third-order valence-electron chi connectivity index (χ3n) is 3.59. The lowest BCUT2D eigenvalue weighted by atomic mass is 10.1. The maximum Gasteiger partial charge on any atom is 0.222 e. The van der Waals surface area contributed by atoms with Gasteiger partial charge in [0.25, 0.3) is 0 Å². The monoisotopic (exact) mass is 250 g/mol. The molecule has 98 valence electrons. The molecule has 2 N–H and O–H groups in total. The van der Waals surface area contributed by atoms with Gasteiger partial charge in [-0.1, -0.05) is 31.5 Å². The van der Waals surface area contributed by atoms with Crippen LogP contribution in [-0.4, -0.2) is 23.9 Å². The van der Waals surface area contributed by atoms with Crippen LogP contribution in [0, 0.1) is 11.7 Å². The largest absolute Gasteiger partial charge is 0.340 e. The van der Waals surface area contributed by atoms with Gasteiger partial charge in [0, 0.05) is 25.1 Å². The molecule has 1 aromatic carbocycles. The van der Waals surface area contributed by atoms with Crippen molar-refractivity contribution < 1.29 is 9.18 Å². The molecule has 1 aliphatic rings. The van der Waals surface area contributed by atoms with E-state index in [0.717, 1.165) is 13.0 Å². The average molecular weight is 250 g/mol. The highest BCUT2D eigenvalue weighted by Gasteiger charge is 2.29. The van der Waals surface area contributed by atoms with E-state index >= 15 is 0 Å². The number of hydrogen-bond donors (Lipinski definition) is 1. The Morgan fingerprint density at radius 3 is 2.83 bits per heavy atom. The molecule has 1 aromatic rings. The van der Waals surface area contributed by atoms with Crippen molar-refractivity contribution in [3.63, 3.8) is 0 Å². The van der Waals surface area contributed by atoms with Crippen LogP contribution in [0.2, 0.25) is 0 Å². The number of carbonyl (C=O) groups is 1. The highest BCUT2D eigenvalue weighted by atomic mass is 19.1. The minimum atomic E-state index is -0.453. The minimum absolute atomic E-state index is 0.133. The first kappa shape index (κ1) is 13.0. The Balaban J connectivity index is 2.02. The first-order valence-electron chi connectivity index (χ1n) is 6.39. The highest BCUT2D eigenvalue weighted by Crippen LogP contribution is 2.23. The number of halogens is 1. The molecule has 0 aliphatic carbocycles. The first-order chi connectivity index (χ1) is 8.61. The summed E-state index contributed by atoms with van der Waals surface area (Å²) in [5, 5.41) is 0. The van der Waals surface area contributed by atoms with E-state index in [1.54, 1.807) is 23.1 Å². The highest BCUT2D eigenvalue weighted by molar-refractivity contribution is 5.78. The molecule has 18 heavy (non-hydrogen) atoms. The zero-order valence-electron chi connectivity index (χ0n) is 10.6. The van der Waals surface area contributed by atoms with Crippen molar-refractivity contribution in [1.82, 2.24) is 4.90 Å². The second-order valence-electron chi connectivity index (χ2n) is 4.91. The van der Waals surface area contributed by atoms with E-state index in [-0.39, 0.29) is 11.7 Å². The molecule has 1 heterocycles. The molecule has 0 bridgehead atoms. The zero-order chi connectivity index (χ0) is 13.1. The molecule has 0 saturated carbocycles. The van der Waals surface area contributed by atoms with E-state index in [1.807, 2.05) is 0 Å². The molecule has 1 saturated heterocycles. The van der Waals surface area contributed by atoms with Gasteiger partial charge in [-0.15, -0.1) is 0 Å². The normalized spacial score (nSPS) is 21.4. The average Bonchev–Trinajstić information content (AvgIpc) is 2.70. The summed E-state index contributed by atoms with van der Waals surface area (Å²) in [7, 11) is 0. The molecule has 1 aliphatic heterocycles. The fourth-order valence-electron chi connectivity index (χ4n) is 2.42. The predicted octanol–water partition coefficient (Wildman–Crippen LogP) is 2.08. The van der Waals surface area contributed by atoms with Crippen molar-refractivity contribution in [1.29, 1.82) is 0 Å².